The first-order chi connectivity index (χ1) is 9.61. The van der Waals surface area contributed by atoms with E-state index in [9.17, 15) is 9.90 Å². The molecule has 2 N–H and O–H groups in total. The summed E-state index contributed by atoms with van der Waals surface area (Å²) in [4.78, 5) is 16.1. The Balaban J connectivity index is 1.98. The Bertz CT molecular complexity index is 637. The number of rotatable bonds is 3. The number of aromatic nitrogens is 1. The van der Waals surface area contributed by atoms with Crippen molar-refractivity contribution in [2.75, 3.05) is 5.32 Å². The van der Waals surface area contributed by atoms with Crippen LogP contribution in [0, 0.1) is 5.92 Å². The van der Waals surface area contributed by atoms with Crippen molar-refractivity contribution in [1.29, 1.82) is 0 Å². The summed E-state index contributed by atoms with van der Waals surface area (Å²) in [6.45, 7) is 2.10. The van der Waals surface area contributed by atoms with Gasteiger partial charge in [-0.3, -0.25) is 0 Å². The van der Waals surface area contributed by atoms with E-state index in [1.807, 2.05) is 6.07 Å². The zero-order chi connectivity index (χ0) is 14.2. The monoisotopic (exact) mass is 274 g/mol. The molecule has 2 aromatic rings. The molecule has 0 bridgehead atoms. The van der Waals surface area contributed by atoms with E-state index in [2.05, 4.69) is 17.2 Å². The van der Waals surface area contributed by atoms with E-state index >= 15 is 0 Å². The van der Waals surface area contributed by atoms with Gasteiger partial charge in [0.15, 0.2) is 0 Å². The number of carboxylic acid groups (broad SMARTS) is 1. The predicted octanol–water partition coefficient (Wildman–Crippen LogP) is 3.27. The number of carboxylic acids is 1. The Hall–Kier alpha value is -2.04. The lowest BCUT2D eigenvalue weighted by atomic mass is 9.76. The Morgan fingerprint density at radius 2 is 2.40 bits per heavy atom. The van der Waals surface area contributed by atoms with Gasteiger partial charge in [0.1, 0.15) is 16.9 Å². The molecule has 0 saturated heterocycles. The number of nitrogens with zero attached hydrogens (tertiary/aromatic N) is 1. The van der Waals surface area contributed by atoms with Crippen LogP contribution in [-0.4, -0.2) is 21.6 Å². The van der Waals surface area contributed by atoms with Crippen molar-refractivity contribution < 1.29 is 14.3 Å². The summed E-state index contributed by atoms with van der Waals surface area (Å²) < 4.78 is 5.33. The van der Waals surface area contributed by atoms with Crippen LogP contribution in [0.15, 0.2) is 29.0 Å². The van der Waals surface area contributed by atoms with Crippen molar-refractivity contribution >= 4 is 22.8 Å². The molecule has 0 amide bonds. The van der Waals surface area contributed by atoms with Crippen molar-refractivity contribution in [3.63, 3.8) is 0 Å². The molecule has 1 aliphatic carbocycles. The summed E-state index contributed by atoms with van der Waals surface area (Å²) in [5, 5.41) is 13.7. The summed E-state index contributed by atoms with van der Waals surface area (Å²) in [7, 11) is 0. The predicted molar refractivity (Wildman–Crippen MR) is 75.6 cm³/mol. The second kappa shape index (κ2) is 4.81. The third-order valence-electron chi connectivity index (χ3n) is 4.14. The number of nitrogens with one attached hydrogen (secondary N) is 1. The maximum atomic E-state index is 11.8. The van der Waals surface area contributed by atoms with Crippen LogP contribution in [0.1, 0.15) is 32.6 Å². The molecule has 20 heavy (non-hydrogen) atoms. The number of hydrogen-bond donors (Lipinski definition) is 2. The molecule has 2 heterocycles. The topological polar surface area (TPSA) is 75.4 Å². The van der Waals surface area contributed by atoms with Gasteiger partial charge < -0.3 is 14.8 Å². The Kier molecular flexibility index (Phi) is 3.12. The van der Waals surface area contributed by atoms with Crippen LogP contribution in [0.3, 0.4) is 0 Å². The molecule has 106 valence electrons. The second-order valence-electron chi connectivity index (χ2n) is 5.71. The molecule has 1 saturated carbocycles. The minimum Gasteiger partial charge on any atom is -0.480 e. The van der Waals surface area contributed by atoms with E-state index in [0.717, 1.165) is 18.2 Å². The highest BCUT2D eigenvalue weighted by Gasteiger charge is 2.42. The fourth-order valence-electron chi connectivity index (χ4n) is 3.13. The second-order valence-corrected chi connectivity index (χ2v) is 5.71. The number of pyridine rings is 1. The molecule has 2 aromatic heterocycles. The minimum absolute atomic E-state index is 0.399. The molecular weight excluding hydrogens is 256 g/mol. The molecule has 2 unspecified atom stereocenters. The van der Waals surface area contributed by atoms with Crippen molar-refractivity contribution in [2.24, 2.45) is 5.92 Å². The minimum atomic E-state index is -0.920. The Morgan fingerprint density at radius 3 is 3.15 bits per heavy atom. The molecule has 0 aromatic carbocycles. The summed E-state index contributed by atoms with van der Waals surface area (Å²) in [5.41, 5.74) is -0.206. The molecular formula is C15H18N2O3. The molecule has 0 spiro atoms. The summed E-state index contributed by atoms with van der Waals surface area (Å²) in [6, 6.07) is 3.59. The van der Waals surface area contributed by atoms with Gasteiger partial charge in [-0.05, 0) is 30.9 Å². The van der Waals surface area contributed by atoms with Crippen LogP contribution in [-0.2, 0) is 4.79 Å². The van der Waals surface area contributed by atoms with E-state index in [0.29, 0.717) is 30.2 Å². The first kappa shape index (κ1) is 13.0. The van der Waals surface area contributed by atoms with Gasteiger partial charge in [-0.25, -0.2) is 9.78 Å². The van der Waals surface area contributed by atoms with Crippen LogP contribution >= 0.6 is 0 Å². The standard InChI is InChI=1S/C15H18N2O3/c1-10-3-2-6-15(9-10,14(18)19)17-13-11-5-8-20-12(11)4-7-16-13/h4-5,7-8,10H,2-3,6,9H2,1H3,(H,16,17)(H,18,19). The van der Waals surface area contributed by atoms with Gasteiger partial charge in [0.2, 0.25) is 0 Å². The van der Waals surface area contributed by atoms with Gasteiger partial charge in [-0.15, -0.1) is 0 Å². The largest absolute Gasteiger partial charge is 0.480 e. The summed E-state index contributed by atoms with van der Waals surface area (Å²) in [6.07, 6.45) is 6.48. The molecule has 1 aliphatic rings. The van der Waals surface area contributed by atoms with E-state index in [1.54, 1.807) is 18.5 Å². The molecule has 1 fully saturated rings. The SMILES string of the molecule is CC1CCCC(Nc2nccc3occc23)(C(=O)O)C1. The fourth-order valence-corrected chi connectivity index (χ4v) is 3.13. The Morgan fingerprint density at radius 1 is 1.55 bits per heavy atom. The lowest BCUT2D eigenvalue weighted by Gasteiger charge is -2.37. The van der Waals surface area contributed by atoms with Crippen LogP contribution in [0.5, 0.6) is 0 Å². The van der Waals surface area contributed by atoms with Gasteiger partial charge in [0.05, 0.1) is 11.6 Å². The molecule has 2 atom stereocenters. The number of aliphatic carboxylic acids is 1. The first-order valence-electron chi connectivity index (χ1n) is 6.94. The number of anilines is 1. The third kappa shape index (κ3) is 2.13. The average molecular weight is 274 g/mol. The van der Waals surface area contributed by atoms with Crippen LogP contribution in [0.25, 0.3) is 11.0 Å². The van der Waals surface area contributed by atoms with Gasteiger partial charge in [0.25, 0.3) is 0 Å². The van der Waals surface area contributed by atoms with Crippen molar-refractivity contribution in [2.45, 2.75) is 38.1 Å². The number of carbonyl (C=O) groups is 1. The van der Waals surface area contributed by atoms with Gasteiger partial charge in [0, 0.05) is 6.20 Å². The summed E-state index contributed by atoms with van der Waals surface area (Å²) in [5.74, 6) is 0.190. The van der Waals surface area contributed by atoms with Crippen molar-refractivity contribution in [3.8, 4) is 0 Å². The van der Waals surface area contributed by atoms with Crippen molar-refractivity contribution in [1.82, 2.24) is 4.98 Å². The van der Waals surface area contributed by atoms with Gasteiger partial charge in [-0.2, -0.15) is 0 Å². The zero-order valence-electron chi connectivity index (χ0n) is 11.4. The lowest BCUT2D eigenvalue weighted by molar-refractivity contribution is -0.144. The highest BCUT2D eigenvalue weighted by Crippen LogP contribution is 2.36. The van der Waals surface area contributed by atoms with Gasteiger partial charge >= 0.3 is 5.97 Å². The highest BCUT2D eigenvalue weighted by atomic mass is 16.4. The van der Waals surface area contributed by atoms with Crippen molar-refractivity contribution in [3.05, 3.63) is 24.6 Å². The first-order valence-corrected chi connectivity index (χ1v) is 6.94. The molecule has 0 radical (unpaired) electrons. The van der Waals surface area contributed by atoms with E-state index in [1.165, 1.54) is 0 Å². The molecule has 3 rings (SSSR count). The molecule has 5 nitrogen and oxygen atoms in total. The maximum absolute atomic E-state index is 11.8. The number of fused-ring (bicyclic) bond motifs is 1. The lowest BCUT2D eigenvalue weighted by Crippen LogP contribution is -2.49. The quantitative estimate of drug-likeness (QED) is 0.898. The number of hydrogen-bond acceptors (Lipinski definition) is 4. The molecule has 5 heteroatoms. The zero-order valence-corrected chi connectivity index (χ0v) is 11.4. The van der Waals surface area contributed by atoms with E-state index in [4.69, 9.17) is 4.42 Å². The van der Waals surface area contributed by atoms with Crippen LogP contribution in [0.2, 0.25) is 0 Å². The fraction of sp³-hybridized carbons (Fsp3) is 0.467. The van der Waals surface area contributed by atoms with Crippen LogP contribution in [0.4, 0.5) is 5.82 Å². The smallest absolute Gasteiger partial charge is 0.329 e. The average Bonchev–Trinajstić information content (AvgIpc) is 2.88. The maximum Gasteiger partial charge on any atom is 0.329 e. The molecule has 0 aliphatic heterocycles. The number of furan rings is 1. The normalized spacial score (nSPS) is 26.6. The summed E-state index contributed by atoms with van der Waals surface area (Å²) >= 11 is 0. The van der Waals surface area contributed by atoms with E-state index < -0.39 is 11.5 Å². The Labute approximate surface area is 117 Å². The van der Waals surface area contributed by atoms with Gasteiger partial charge in [-0.1, -0.05) is 19.8 Å². The highest BCUT2D eigenvalue weighted by molar-refractivity contribution is 5.91. The van der Waals surface area contributed by atoms with E-state index in [-0.39, 0.29) is 0 Å². The third-order valence-corrected chi connectivity index (χ3v) is 4.14. The van der Waals surface area contributed by atoms with Crippen LogP contribution < -0.4 is 5.32 Å².